The van der Waals surface area contributed by atoms with E-state index in [1.807, 2.05) is 42.5 Å². The van der Waals surface area contributed by atoms with Gasteiger partial charge in [-0.2, -0.15) is 0 Å². The van der Waals surface area contributed by atoms with Gasteiger partial charge in [-0.05, 0) is 19.1 Å². The highest BCUT2D eigenvalue weighted by Crippen LogP contribution is 2.22. The van der Waals surface area contributed by atoms with E-state index < -0.39 is 0 Å². The molecule has 0 unspecified atom stereocenters. The molecule has 2 aromatic rings. The molecule has 0 fully saturated rings. The number of rotatable bonds is 4. The molecule has 4 nitrogen and oxygen atoms in total. The van der Waals surface area contributed by atoms with E-state index in [9.17, 15) is 4.79 Å². The molecule has 0 aliphatic carbocycles. The maximum Gasteiger partial charge on any atom is 0.339 e. The van der Waals surface area contributed by atoms with Gasteiger partial charge in [-0.15, -0.1) is 11.3 Å². The number of ether oxygens (including phenoxy) is 1. The summed E-state index contributed by atoms with van der Waals surface area (Å²) >= 11 is 1.63. The summed E-state index contributed by atoms with van der Waals surface area (Å²) in [5.41, 5.74) is 2.42. The van der Waals surface area contributed by atoms with Gasteiger partial charge in [0.25, 0.3) is 0 Å². The monoisotopic (exact) mass is 276 g/mol. The van der Waals surface area contributed by atoms with Crippen molar-refractivity contribution in [3.63, 3.8) is 0 Å². The molecule has 1 heterocycles. The molecule has 1 aromatic carbocycles. The standard InChI is InChI=1S/C14H16N2O2S/c1-10-15-11(9-19-10)8-16(2)13-7-5-4-6-12(13)14(17)18-3/h4-7,9H,8H2,1-3H3. The molecule has 0 aliphatic heterocycles. The molecule has 0 saturated carbocycles. The van der Waals surface area contributed by atoms with Crippen molar-refractivity contribution in [2.45, 2.75) is 13.5 Å². The highest BCUT2D eigenvalue weighted by atomic mass is 32.1. The first-order valence-electron chi connectivity index (χ1n) is 5.91. The van der Waals surface area contributed by atoms with Crippen molar-refractivity contribution in [2.24, 2.45) is 0 Å². The van der Waals surface area contributed by atoms with Crippen LogP contribution in [-0.4, -0.2) is 25.1 Å². The fourth-order valence-electron chi connectivity index (χ4n) is 1.90. The number of benzene rings is 1. The SMILES string of the molecule is COC(=O)c1ccccc1N(C)Cc1csc(C)n1. The van der Waals surface area contributed by atoms with Crippen molar-refractivity contribution in [3.8, 4) is 0 Å². The number of aromatic nitrogens is 1. The quantitative estimate of drug-likeness (QED) is 0.805. The Morgan fingerprint density at radius 2 is 2.16 bits per heavy atom. The third-order valence-corrected chi connectivity index (χ3v) is 3.61. The van der Waals surface area contributed by atoms with E-state index in [1.54, 1.807) is 17.4 Å². The third-order valence-electron chi connectivity index (χ3n) is 2.79. The average molecular weight is 276 g/mol. The van der Waals surface area contributed by atoms with E-state index in [0.29, 0.717) is 12.1 Å². The van der Waals surface area contributed by atoms with Crippen molar-refractivity contribution < 1.29 is 9.53 Å². The van der Waals surface area contributed by atoms with E-state index in [4.69, 9.17) is 4.74 Å². The number of aryl methyl sites for hydroxylation is 1. The number of para-hydroxylation sites is 1. The fraction of sp³-hybridized carbons (Fsp3) is 0.286. The van der Waals surface area contributed by atoms with Gasteiger partial charge < -0.3 is 9.64 Å². The maximum atomic E-state index is 11.7. The Balaban J connectivity index is 2.23. The Bertz CT molecular complexity index is 580. The zero-order valence-electron chi connectivity index (χ0n) is 11.2. The molecule has 1 aromatic heterocycles. The topological polar surface area (TPSA) is 42.4 Å². The van der Waals surface area contributed by atoms with Gasteiger partial charge in [0.15, 0.2) is 0 Å². The Labute approximate surface area is 116 Å². The van der Waals surface area contributed by atoms with Gasteiger partial charge in [-0.1, -0.05) is 12.1 Å². The van der Waals surface area contributed by atoms with Crippen LogP contribution in [0.2, 0.25) is 0 Å². The number of esters is 1. The van der Waals surface area contributed by atoms with Gasteiger partial charge in [-0.3, -0.25) is 0 Å². The largest absolute Gasteiger partial charge is 0.465 e. The lowest BCUT2D eigenvalue weighted by atomic mass is 10.1. The van der Waals surface area contributed by atoms with E-state index in [1.165, 1.54) is 7.11 Å². The van der Waals surface area contributed by atoms with Gasteiger partial charge in [0, 0.05) is 12.4 Å². The first-order valence-corrected chi connectivity index (χ1v) is 6.79. The van der Waals surface area contributed by atoms with Crippen molar-refractivity contribution in [2.75, 3.05) is 19.1 Å². The molecule has 0 saturated heterocycles. The summed E-state index contributed by atoms with van der Waals surface area (Å²) in [5, 5.41) is 3.08. The van der Waals surface area contributed by atoms with Gasteiger partial charge >= 0.3 is 5.97 Å². The highest BCUT2D eigenvalue weighted by molar-refractivity contribution is 7.09. The predicted octanol–water partition coefficient (Wildman–Crippen LogP) is 2.87. The second kappa shape index (κ2) is 5.84. The molecule has 2 rings (SSSR count). The number of methoxy groups -OCH3 is 1. The second-order valence-electron chi connectivity index (χ2n) is 4.22. The molecule has 0 spiro atoms. The second-order valence-corrected chi connectivity index (χ2v) is 5.28. The molecule has 0 bridgehead atoms. The molecular formula is C14H16N2O2S. The van der Waals surface area contributed by atoms with Crippen LogP contribution in [0.3, 0.4) is 0 Å². The highest BCUT2D eigenvalue weighted by Gasteiger charge is 2.14. The molecule has 0 aliphatic rings. The van der Waals surface area contributed by atoms with E-state index in [-0.39, 0.29) is 5.97 Å². The van der Waals surface area contributed by atoms with Crippen LogP contribution in [0.25, 0.3) is 0 Å². The van der Waals surface area contributed by atoms with Crippen LogP contribution in [0.1, 0.15) is 21.1 Å². The Morgan fingerprint density at radius 3 is 2.79 bits per heavy atom. The average Bonchev–Trinajstić information content (AvgIpc) is 2.83. The smallest absolute Gasteiger partial charge is 0.339 e. The molecule has 100 valence electrons. The number of carbonyl (C=O) groups is 1. The summed E-state index contributed by atoms with van der Waals surface area (Å²) in [6, 6.07) is 7.41. The minimum Gasteiger partial charge on any atom is -0.465 e. The van der Waals surface area contributed by atoms with Gasteiger partial charge in [0.05, 0.1) is 35.6 Å². The van der Waals surface area contributed by atoms with Crippen LogP contribution < -0.4 is 4.90 Å². The molecule has 0 atom stereocenters. The van der Waals surface area contributed by atoms with Gasteiger partial charge in [0.1, 0.15) is 0 Å². The van der Waals surface area contributed by atoms with E-state index in [0.717, 1.165) is 16.4 Å². The van der Waals surface area contributed by atoms with Crippen LogP contribution in [0, 0.1) is 6.92 Å². The number of carbonyl (C=O) groups excluding carboxylic acids is 1. The summed E-state index contributed by atoms with van der Waals surface area (Å²) in [6.45, 7) is 2.65. The van der Waals surface area contributed by atoms with Crippen LogP contribution in [0.15, 0.2) is 29.6 Å². The van der Waals surface area contributed by atoms with Crippen molar-refractivity contribution in [3.05, 3.63) is 45.9 Å². The lowest BCUT2D eigenvalue weighted by Gasteiger charge is -2.20. The lowest BCUT2D eigenvalue weighted by molar-refractivity contribution is 0.0601. The lowest BCUT2D eigenvalue weighted by Crippen LogP contribution is -2.20. The van der Waals surface area contributed by atoms with Crippen molar-refractivity contribution in [1.82, 2.24) is 4.98 Å². The van der Waals surface area contributed by atoms with Crippen molar-refractivity contribution >= 4 is 23.0 Å². The van der Waals surface area contributed by atoms with E-state index in [2.05, 4.69) is 4.98 Å². The summed E-state index contributed by atoms with van der Waals surface area (Å²) < 4.78 is 4.80. The van der Waals surface area contributed by atoms with Crippen LogP contribution in [0.5, 0.6) is 0 Å². The Hall–Kier alpha value is -1.88. The van der Waals surface area contributed by atoms with Crippen LogP contribution >= 0.6 is 11.3 Å². The summed E-state index contributed by atoms with van der Waals surface area (Å²) in [4.78, 5) is 18.2. The minimum absolute atomic E-state index is 0.322. The molecule has 19 heavy (non-hydrogen) atoms. The van der Waals surface area contributed by atoms with E-state index >= 15 is 0 Å². The first kappa shape index (κ1) is 13.5. The summed E-state index contributed by atoms with van der Waals surface area (Å²) in [6.07, 6.45) is 0. The number of thiazole rings is 1. The molecular weight excluding hydrogens is 260 g/mol. The Kier molecular flexibility index (Phi) is 4.16. The molecule has 0 amide bonds. The number of hydrogen-bond donors (Lipinski definition) is 0. The van der Waals surface area contributed by atoms with Crippen LogP contribution in [0.4, 0.5) is 5.69 Å². The first-order chi connectivity index (χ1) is 9.11. The summed E-state index contributed by atoms with van der Waals surface area (Å²) in [5.74, 6) is -0.322. The van der Waals surface area contributed by atoms with Crippen LogP contribution in [-0.2, 0) is 11.3 Å². The third kappa shape index (κ3) is 3.12. The fourth-order valence-corrected chi connectivity index (χ4v) is 2.50. The van der Waals surface area contributed by atoms with Crippen molar-refractivity contribution in [1.29, 1.82) is 0 Å². The zero-order chi connectivity index (χ0) is 13.8. The molecule has 5 heteroatoms. The normalized spacial score (nSPS) is 10.3. The summed E-state index contributed by atoms with van der Waals surface area (Å²) in [7, 11) is 3.33. The molecule has 0 radical (unpaired) electrons. The van der Waals surface area contributed by atoms with Gasteiger partial charge in [-0.25, -0.2) is 9.78 Å². The number of anilines is 1. The molecule has 0 N–H and O–H groups in total. The number of nitrogens with zero attached hydrogens (tertiary/aromatic N) is 2. The minimum atomic E-state index is -0.322. The zero-order valence-corrected chi connectivity index (χ0v) is 12.0. The van der Waals surface area contributed by atoms with Gasteiger partial charge in [0.2, 0.25) is 0 Å². The maximum absolute atomic E-state index is 11.7. The number of hydrogen-bond acceptors (Lipinski definition) is 5. The predicted molar refractivity (Wildman–Crippen MR) is 76.7 cm³/mol. The Morgan fingerprint density at radius 1 is 1.42 bits per heavy atom.